The number of ketones is 1. The van der Waals surface area contributed by atoms with Crippen molar-refractivity contribution in [1.82, 2.24) is 9.97 Å². The second-order valence-corrected chi connectivity index (χ2v) is 7.80. The minimum atomic E-state index is -4.94. The second-order valence-electron chi connectivity index (χ2n) is 6.36. The largest absolute Gasteiger partial charge is 0.455 e. The Hall–Kier alpha value is -2.35. The zero-order valence-electron chi connectivity index (χ0n) is 16.0. The molecule has 1 unspecified atom stereocenters. The number of rotatable bonds is 8. The van der Waals surface area contributed by atoms with E-state index >= 15 is 0 Å². The smallest absolute Gasteiger partial charge is 0.396 e. The number of nitrogens with two attached hydrogens (primary N) is 1. The molecule has 0 aromatic carbocycles. The highest BCUT2D eigenvalue weighted by Crippen LogP contribution is 2.27. The van der Waals surface area contributed by atoms with Crippen LogP contribution >= 0.6 is 22.9 Å². The Bertz CT molecular complexity index is 949. The van der Waals surface area contributed by atoms with Crippen LogP contribution < -0.4 is 11.1 Å². The molecule has 2 aromatic heterocycles. The van der Waals surface area contributed by atoms with Gasteiger partial charge in [-0.3, -0.25) is 4.79 Å². The van der Waals surface area contributed by atoms with E-state index in [1.807, 2.05) is 6.92 Å². The molecule has 6 nitrogen and oxygen atoms in total. The van der Waals surface area contributed by atoms with Crippen molar-refractivity contribution in [3.63, 3.8) is 0 Å². The van der Waals surface area contributed by atoms with Gasteiger partial charge in [0.1, 0.15) is 11.4 Å². The van der Waals surface area contributed by atoms with Crippen molar-refractivity contribution in [3.8, 4) is 11.8 Å². The molecular formula is C19H20ClF3N4O2S. The zero-order valence-corrected chi connectivity index (χ0v) is 17.6. The van der Waals surface area contributed by atoms with Gasteiger partial charge in [-0.15, -0.1) is 11.3 Å². The Morgan fingerprint density at radius 2 is 2.10 bits per heavy atom. The Morgan fingerprint density at radius 3 is 2.73 bits per heavy atom. The normalized spacial score (nSPS) is 12.2. The number of Topliss-reactive ketones (excluding diaryl/α,β-unsaturated/α-hetero) is 1. The van der Waals surface area contributed by atoms with Crippen LogP contribution in [-0.4, -0.2) is 40.2 Å². The molecule has 0 saturated carbocycles. The van der Waals surface area contributed by atoms with Gasteiger partial charge in [-0.25, -0.2) is 0 Å². The van der Waals surface area contributed by atoms with Crippen LogP contribution in [0.15, 0.2) is 12.1 Å². The molecule has 2 aromatic rings. The second kappa shape index (κ2) is 10.6. The standard InChI is InChI=1S/C19H20ClF3N4O2S/c1-2-11(10-28)4-3-9-25-17-13(16(20)26-18(24)27-17)7-5-12-6-8-14(30-12)15(29)19(21,22)23/h6,8,11,28H,2-4,9-10H2,1H3,(H3,24,25,26,27). The summed E-state index contributed by atoms with van der Waals surface area (Å²) < 4.78 is 37.6. The predicted molar refractivity (Wildman–Crippen MR) is 111 cm³/mol. The van der Waals surface area contributed by atoms with E-state index in [0.717, 1.165) is 25.3 Å². The number of carbonyl (C=O) groups is 1. The van der Waals surface area contributed by atoms with Crippen LogP contribution in [0.5, 0.6) is 0 Å². The number of aliphatic hydroxyl groups excluding tert-OH is 1. The summed E-state index contributed by atoms with van der Waals surface area (Å²) >= 11 is 6.75. The van der Waals surface area contributed by atoms with Gasteiger partial charge < -0.3 is 16.2 Å². The lowest BCUT2D eigenvalue weighted by molar-refractivity contribution is -0.0882. The van der Waals surface area contributed by atoms with Gasteiger partial charge in [0.05, 0.1) is 9.75 Å². The van der Waals surface area contributed by atoms with E-state index in [2.05, 4.69) is 27.1 Å². The van der Waals surface area contributed by atoms with Crippen molar-refractivity contribution in [2.24, 2.45) is 5.92 Å². The number of hydrogen-bond acceptors (Lipinski definition) is 7. The Labute approximate surface area is 180 Å². The average Bonchev–Trinajstić information content (AvgIpc) is 3.14. The lowest BCUT2D eigenvalue weighted by Crippen LogP contribution is -2.21. The lowest BCUT2D eigenvalue weighted by atomic mass is 10.0. The average molecular weight is 461 g/mol. The zero-order chi connectivity index (χ0) is 22.3. The van der Waals surface area contributed by atoms with E-state index < -0.39 is 16.8 Å². The molecule has 0 aliphatic carbocycles. The number of aliphatic hydroxyl groups is 1. The predicted octanol–water partition coefficient (Wildman–Crippen LogP) is 4.13. The molecule has 162 valence electrons. The number of anilines is 2. The highest BCUT2D eigenvalue weighted by atomic mass is 35.5. The van der Waals surface area contributed by atoms with E-state index in [1.54, 1.807) is 0 Å². The maximum absolute atomic E-state index is 12.5. The van der Waals surface area contributed by atoms with Gasteiger partial charge in [0.15, 0.2) is 5.15 Å². The van der Waals surface area contributed by atoms with Crippen molar-refractivity contribution in [2.45, 2.75) is 32.4 Å². The summed E-state index contributed by atoms with van der Waals surface area (Å²) in [7, 11) is 0. The first kappa shape index (κ1) is 23.9. The molecule has 0 fully saturated rings. The third-order valence-corrected chi connectivity index (χ3v) is 5.47. The molecule has 11 heteroatoms. The number of aromatic nitrogens is 2. The number of thiophene rings is 1. The topological polar surface area (TPSA) is 101 Å². The first-order chi connectivity index (χ1) is 14.2. The molecule has 30 heavy (non-hydrogen) atoms. The summed E-state index contributed by atoms with van der Waals surface area (Å²) in [6.07, 6.45) is -2.48. The van der Waals surface area contributed by atoms with Crippen molar-refractivity contribution < 1.29 is 23.1 Å². The van der Waals surface area contributed by atoms with Gasteiger partial charge in [-0.05, 0) is 30.9 Å². The molecule has 2 rings (SSSR count). The van der Waals surface area contributed by atoms with Gasteiger partial charge in [0, 0.05) is 13.2 Å². The van der Waals surface area contributed by atoms with Gasteiger partial charge in [0.25, 0.3) is 5.78 Å². The van der Waals surface area contributed by atoms with Crippen molar-refractivity contribution >= 4 is 40.5 Å². The third kappa shape index (κ3) is 6.58. The summed E-state index contributed by atoms with van der Waals surface area (Å²) in [5, 5.41) is 12.3. The minimum Gasteiger partial charge on any atom is -0.396 e. The van der Waals surface area contributed by atoms with E-state index in [0.29, 0.717) is 23.7 Å². The molecule has 1 atom stereocenters. The lowest BCUT2D eigenvalue weighted by Gasteiger charge is -2.12. The van der Waals surface area contributed by atoms with Crippen LogP contribution in [0.25, 0.3) is 0 Å². The molecule has 4 N–H and O–H groups in total. The summed E-state index contributed by atoms with van der Waals surface area (Å²) in [6, 6.07) is 2.41. The first-order valence-corrected chi connectivity index (χ1v) is 10.3. The Balaban J connectivity index is 2.17. The fraction of sp³-hybridized carbons (Fsp3) is 0.421. The van der Waals surface area contributed by atoms with Crippen LogP contribution in [0.4, 0.5) is 24.9 Å². The van der Waals surface area contributed by atoms with Crippen LogP contribution in [0.3, 0.4) is 0 Å². The van der Waals surface area contributed by atoms with Gasteiger partial charge in [-0.2, -0.15) is 23.1 Å². The fourth-order valence-electron chi connectivity index (χ4n) is 2.50. The molecule has 0 bridgehead atoms. The van der Waals surface area contributed by atoms with Crippen molar-refractivity contribution in [1.29, 1.82) is 0 Å². The maximum Gasteiger partial charge on any atom is 0.455 e. The first-order valence-electron chi connectivity index (χ1n) is 9.06. The molecule has 0 aliphatic rings. The quantitative estimate of drug-likeness (QED) is 0.237. The van der Waals surface area contributed by atoms with Gasteiger partial charge in [0.2, 0.25) is 5.95 Å². The molecule has 0 radical (unpaired) electrons. The number of nitrogens with one attached hydrogen (secondary N) is 1. The highest BCUT2D eigenvalue weighted by Gasteiger charge is 2.40. The Morgan fingerprint density at radius 1 is 1.37 bits per heavy atom. The number of carbonyl (C=O) groups excluding carboxylic acids is 1. The van der Waals surface area contributed by atoms with E-state index in [-0.39, 0.29) is 34.1 Å². The third-order valence-electron chi connectivity index (χ3n) is 4.20. The van der Waals surface area contributed by atoms with Gasteiger partial charge >= 0.3 is 6.18 Å². The summed E-state index contributed by atoms with van der Waals surface area (Å²) in [5.74, 6) is 3.99. The van der Waals surface area contributed by atoms with Gasteiger partial charge in [-0.1, -0.05) is 36.8 Å². The fourth-order valence-corrected chi connectivity index (χ4v) is 3.54. The molecular weight excluding hydrogens is 441 g/mol. The van der Waals surface area contributed by atoms with Crippen molar-refractivity contribution in [3.05, 3.63) is 32.6 Å². The summed E-state index contributed by atoms with van der Waals surface area (Å²) in [5.41, 5.74) is 5.89. The number of alkyl halides is 3. The number of nitrogens with zero attached hydrogens (tertiary/aromatic N) is 2. The molecule has 0 aliphatic heterocycles. The van der Waals surface area contributed by atoms with Crippen LogP contribution in [-0.2, 0) is 0 Å². The Kier molecular flexibility index (Phi) is 8.46. The van der Waals surface area contributed by atoms with E-state index in [9.17, 15) is 23.1 Å². The van der Waals surface area contributed by atoms with Crippen LogP contribution in [0.2, 0.25) is 5.15 Å². The number of nitrogen functional groups attached to an aromatic ring is 1. The summed E-state index contributed by atoms with van der Waals surface area (Å²) in [4.78, 5) is 19.0. The monoisotopic (exact) mass is 460 g/mol. The number of halogens is 4. The van der Waals surface area contributed by atoms with Crippen LogP contribution in [0, 0.1) is 17.8 Å². The highest BCUT2D eigenvalue weighted by molar-refractivity contribution is 7.14. The molecule has 0 spiro atoms. The van der Waals surface area contributed by atoms with Crippen molar-refractivity contribution in [2.75, 3.05) is 24.2 Å². The molecule has 0 saturated heterocycles. The SMILES string of the molecule is CCC(CO)CCCNc1nc(N)nc(Cl)c1C#Cc1ccc(C(=O)C(F)(F)F)s1. The minimum absolute atomic E-state index is 0.00226. The van der Waals surface area contributed by atoms with E-state index in [4.69, 9.17) is 17.3 Å². The molecule has 2 heterocycles. The molecule has 0 amide bonds. The summed E-state index contributed by atoms with van der Waals surface area (Å²) in [6.45, 7) is 2.66. The number of hydrogen-bond donors (Lipinski definition) is 3. The van der Waals surface area contributed by atoms with E-state index in [1.165, 1.54) is 6.07 Å². The maximum atomic E-state index is 12.5. The van der Waals surface area contributed by atoms with Crippen LogP contribution in [0.1, 0.15) is 46.3 Å².